The molecule has 0 spiro atoms. The first-order valence-corrected chi connectivity index (χ1v) is 6.78. The molecule has 0 saturated heterocycles. The van der Waals surface area contributed by atoms with Crippen LogP contribution < -0.4 is 5.32 Å². The smallest absolute Gasteiger partial charge is 0.189 e. The second-order valence-corrected chi connectivity index (χ2v) is 4.80. The summed E-state index contributed by atoms with van der Waals surface area (Å²) in [6.45, 7) is 0. The third kappa shape index (κ3) is 2.76. The Morgan fingerprint density at radius 1 is 1.59 bits per heavy atom. The highest BCUT2D eigenvalue weighted by Crippen LogP contribution is 2.24. The van der Waals surface area contributed by atoms with Crippen LogP contribution in [0.15, 0.2) is 11.4 Å². The van der Waals surface area contributed by atoms with E-state index in [1.54, 1.807) is 0 Å². The van der Waals surface area contributed by atoms with Crippen molar-refractivity contribution in [2.75, 3.05) is 11.6 Å². The highest BCUT2D eigenvalue weighted by Gasteiger charge is 2.26. The Balaban J connectivity index is 2.20. The summed E-state index contributed by atoms with van der Waals surface area (Å²) in [5.41, 5.74) is 0.432. The lowest BCUT2D eigenvalue weighted by atomic mass is 10.2. The van der Waals surface area contributed by atoms with Crippen LogP contribution in [-0.4, -0.2) is 39.8 Å². The predicted octanol–water partition coefficient (Wildman–Crippen LogP) is 1.34. The molecule has 2 N–H and O–H groups in total. The van der Waals surface area contributed by atoms with Gasteiger partial charge in [0.1, 0.15) is 5.82 Å². The minimum Gasteiger partial charge on any atom is -0.391 e. The fourth-order valence-corrected chi connectivity index (χ4v) is 2.30. The molecule has 0 bridgehead atoms. The van der Waals surface area contributed by atoms with Crippen molar-refractivity contribution in [2.24, 2.45) is 0 Å². The highest BCUT2D eigenvalue weighted by atomic mass is 32.2. The minimum atomic E-state index is -0.359. The van der Waals surface area contributed by atoms with Gasteiger partial charge in [-0.2, -0.15) is 0 Å². The average Bonchev–Trinajstić information content (AvgIpc) is 2.75. The van der Waals surface area contributed by atoms with Gasteiger partial charge in [-0.25, -0.2) is 9.97 Å². The fraction of sp³-hybridized carbons (Fsp3) is 0.545. The molecule has 17 heavy (non-hydrogen) atoms. The number of nitrogens with zero attached hydrogens (tertiary/aromatic N) is 2. The molecule has 0 radical (unpaired) electrons. The number of aldehydes is 1. The van der Waals surface area contributed by atoms with E-state index in [0.29, 0.717) is 16.5 Å². The number of hydrogen-bond acceptors (Lipinski definition) is 6. The molecule has 5 nitrogen and oxygen atoms in total. The molecule has 0 aromatic carbocycles. The van der Waals surface area contributed by atoms with Gasteiger partial charge in [-0.1, -0.05) is 11.8 Å². The lowest BCUT2D eigenvalue weighted by Gasteiger charge is -2.18. The minimum absolute atomic E-state index is 0.0155. The monoisotopic (exact) mass is 253 g/mol. The van der Waals surface area contributed by atoms with E-state index in [1.165, 1.54) is 18.0 Å². The van der Waals surface area contributed by atoms with Crippen LogP contribution in [0.4, 0.5) is 5.82 Å². The number of hydrogen-bond donors (Lipinski definition) is 2. The van der Waals surface area contributed by atoms with Crippen molar-refractivity contribution in [1.82, 2.24) is 9.97 Å². The molecule has 6 heteroatoms. The summed E-state index contributed by atoms with van der Waals surface area (Å²) in [6.07, 6.45) is 6.46. The van der Waals surface area contributed by atoms with Gasteiger partial charge < -0.3 is 10.4 Å². The molecule has 1 saturated carbocycles. The Kier molecular flexibility index (Phi) is 3.96. The Morgan fingerprint density at radius 3 is 3.00 bits per heavy atom. The van der Waals surface area contributed by atoms with E-state index in [2.05, 4.69) is 15.3 Å². The van der Waals surface area contributed by atoms with Crippen molar-refractivity contribution in [1.29, 1.82) is 0 Å². The molecule has 0 amide bonds. The SMILES string of the molecule is CSc1ncc(C=O)c(NC2CCCC2O)n1. The Labute approximate surface area is 104 Å². The second kappa shape index (κ2) is 5.46. The van der Waals surface area contributed by atoms with E-state index in [4.69, 9.17) is 0 Å². The number of carbonyl (C=O) groups excluding carboxylic acids is 1. The zero-order valence-electron chi connectivity index (χ0n) is 9.59. The lowest BCUT2D eigenvalue weighted by Crippen LogP contribution is -2.29. The molecular weight excluding hydrogens is 238 g/mol. The maximum atomic E-state index is 10.9. The standard InChI is InChI=1S/C11H15N3O2S/c1-17-11-12-5-7(6-15)10(14-11)13-8-3-2-4-9(8)16/h5-6,8-9,16H,2-4H2,1H3,(H,12,13,14). The molecule has 2 rings (SSSR count). The summed E-state index contributed by atoms with van der Waals surface area (Å²) >= 11 is 1.42. The van der Waals surface area contributed by atoms with Crippen molar-refractivity contribution in [3.8, 4) is 0 Å². The zero-order chi connectivity index (χ0) is 12.3. The number of thioether (sulfide) groups is 1. The molecular formula is C11H15N3O2S. The van der Waals surface area contributed by atoms with Crippen LogP contribution in [0, 0.1) is 0 Å². The molecule has 1 aliphatic rings. The summed E-state index contributed by atoms with van der Waals surface area (Å²) in [6, 6.07) is -0.0155. The normalized spacial score (nSPS) is 23.6. The molecule has 1 aromatic rings. The van der Waals surface area contributed by atoms with Crippen molar-refractivity contribution in [3.63, 3.8) is 0 Å². The quantitative estimate of drug-likeness (QED) is 0.479. The van der Waals surface area contributed by atoms with Gasteiger partial charge in [-0.15, -0.1) is 0 Å². The molecule has 1 aliphatic carbocycles. The van der Waals surface area contributed by atoms with Gasteiger partial charge in [-0.05, 0) is 25.5 Å². The van der Waals surface area contributed by atoms with Crippen LogP contribution in [0.1, 0.15) is 29.6 Å². The van der Waals surface area contributed by atoms with Crippen molar-refractivity contribution >= 4 is 23.9 Å². The van der Waals surface area contributed by atoms with E-state index in [-0.39, 0.29) is 12.1 Å². The molecule has 0 aliphatic heterocycles. The van der Waals surface area contributed by atoms with E-state index < -0.39 is 0 Å². The number of aliphatic hydroxyl groups is 1. The van der Waals surface area contributed by atoms with Crippen molar-refractivity contribution in [3.05, 3.63) is 11.8 Å². The van der Waals surface area contributed by atoms with Crippen LogP contribution >= 0.6 is 11.8 Å². The number of rotatable bonds is 4. The Bertz CT molecular complexity index is 414. The third-order valence-electron chi connectivity index (χ3n) is 2.91. The number of aromatic nitrogens is 2. The summed E-state index contributed by atoms with van der Waals surface area (Å²) in [7, 11) is 0. The maximum Gasteiger partial charge on any atom is 0.189 e. The number of anilines is 1. The van der Waals surface area contributed by atoms with Gasteiger partial charge in [0.2, 0.25) is 0 Å². The van der Waals surface area contributed by atoms with E-state index in [0.717, 1.165) is 25.5 Å². The van der Waals surface area contributed by atoms with Crippen LogP contribution in [0.3, 0.4) is 0 Å². The highest BCUT2D eigenvalue weighted by molar-refractivity contribution is 7.98. The van der Waals surface area contributed by atoms with E-state index >= 15 is 0 Å². The molecule has 2 unspecified atom stereocenters. The third-order valence-corrected chi connectivity index (χ3v) is 3.47. The molecule has 1 fully saturated rings. The topological polar surface area (TPSA) is 75.1 Å². The summed E-state index contributed by atoms with van der Waals surface area (Å²) in [5.74, 6) is 0.519. The maximum absolute atomic E-state index is 10.9. The number of aliphatic hydroxyl groups excluding tert-OH is 1. The molecule has 92 valence electrons. The first-order chi connectivity index (χ1) is 8.24. The second-order valence-electron chi connectivity index (χ2n) is 4.03. The van der Waals surface area contributed by atoms with Crippen LogP contribution in [0.2, 0.25) is 0 Å². The Morgan fingerprint density at radius 2 is 2.41 bits per heavy atom. The predicted molar refractivity (Wildman–Crippen MR) is 66.5 cm³/mol. The van der Waals surface area contributed by atoms with Crippen molar-refractivity contribution in [2.45, 2.75) is 36.6 Å². The van der Waals surface area contributed by atoms with Crippen LogP contribution in [0.5, 0.6) is 0 Å². The van der Waals surface area contributed by atoms with Gasteiger partial charge in [0.15, 0.2) is 11.4 Å². The Hall–Kier alpha value is -1.14. The van der Waals surface area contributed by atoms with Gasteiger partial charge in [0.25, 0.3) is 0 Å². The fourth-order valence-electron chi connectivity index (χ4n) is 1.96. The average molecular weight is 253 g/mol. The van der Waals surface area contributed by atoms with Gasteiger partial charge in [0.05, 0.1) is 17.7 Å². The summed E-state index contributed by atoms with van der Waals surface area (Å²) < 4.78 is 0. The van der Waals surface area contributed by atoms with Gasteiger partial charge in [0, 0.05) is 6.20 Å². The van der Waals surface area contributed by atoms with E-state index in [9.17, 15) is 9.90 Å². The number of nitrogens with one attached hydrogen (secondary N) is 1. The zero-order valence-corrected chi connectivity index (χ0v) is 10.4. The first-order valence-electron chi connectivity index (χ1n) is 5.55. The molecule has 1 aromatic heterocycles. The first kappa shape index (κ1) is 12.3. The van der Waals surface area contributed by atoms with Crippen LogP contribution in [0.25, 0.3) is 0 Å². The van der Waals surface area contributed by atoms with Gasteiger partial charge >= 0.3 is 0 Å². The summed E-state index contributed by atoms with van der Waals surface area (Å²) in [4.78, 5) is 19.2. The summed E-state index contributed by atoms with van der Waals surface area (Å²) in [5, 5.41) is 13.5. The molecule has 2 atom stereocenters. The van der Waals surface area contributed by atoms with E-state index in [1.807, 2.05) is 6.26 Å². The molecule has 1 heterocycles. The largest absolute Gasteiger partial charge is 0.391 e. The van der Waals surface area contributed by atoms with Crippen LogP contribution in [-0.2, 0) is 0 Å². The van der Waals surface area contributed by atoms with Crippen molar-refractivity contribution < 1.29 is 9.90 Å². The van der Waals surface area contributed by atoms with Gasteiger partial charge in [-0.3, -0.25) is 4.79 Å². The lowest BCUT2D eigenvalue weighted by molar-refractivity contribution is 0.112. The number of carbonyl (C=O) groups is 1.